The van der Waals surface area contributed by atoms with Gasteiger partial charge in [-0.25, -0.2) is 0 Å². The Balaban J connectivity index is 1.14. The lowest BCUT2D eigenvalue weighted by atomic mass is 9.85. The molecule has 0 unspecified atom stereocenters. The van der Waals surface area contributed by atoms with Crippen molar-refractivity contribution in [3.05, 3.63) is 54.1 Å². The van der Waals surface area contributed by atoms with E-state index in [1.165, 1.54) is 0 Å². The summed E-state index contributed by atoms with van der Waals surface area (Å²) in [6.45, 7) is 2.00. The number of benzene rings is 2. The SMILES string of the molecule is O=C(CN1CN(c2ccccc2)C2(CCN(C(=O)C3CC3)CC2)C1=O)NCc1ccc2c(c1)OCO2. The summed E-state index contributed by atoms with van der Waals surface area (Å²) in [6.07, 6.45) is 3.08. The second-order valence-electron chi connectivity index (χ2n) is 10.0. The normalized spacial score (nSPS) is 20.2. The van der Waals surface area contributed by atoms with Crippen LogP contribution in [0.25, 0.3) is 0 Å². The largest absolute Gasteiger partial charge is 0.454 e. The number of anilines is 1. The number of nitrogens with one attached hydrogen (secondary N) is 1. The van der Waals surface area contributed by atoms with Gasteiger partial charge in [-0.05, 0) is 55.5 Å². The number of hydrogen-bond donors (Lipinski definition) is 1. The maximum atomic E-state index is 13.8. The molecule has 1 N–H and O–H groups in total. The van der Waals surface area contributed by atoms with E-state index in [2.05, 4.69) is 10.2 Å². The number of amides is 3. The fourth-order valence-corrected chi connectivity index (χ4v) is 5.49. The Bertz CT molecular complexity index is 1170. The van der Waals surface area contributed by atoms with Crippen molar-refractivity contribution in [3.63, 3.8) is 0 Å². The van der Waals surface area contributed by atoms with Crippen LogP contribution in [-0.4, -0.2) is 66.2 Å². The molecule has 1 saturated carbocycles. The molecule has 6 rings (SSSR count). The van der Waals surface area contributed by atoms with Crippen molar-refractivity contribution < 1.29 is 23.9 Å². The van der Waals surface area contributed by atoms with Gasteiger partial charge in [0.15, 0.2) is 11.5 Å². The molecule has 0 bridgehead atoms. The molecule has 36 heavy (non-hydrogen) atoms. The number of nitrogens with zero attached hydrogens (tertiary/aromatic N) is 3. The number of para-hydroxylation sites is 1. The van der Waals surface area contributed by atoms with E-state index in [0.29, 0.717) is 50.6 Å². The number of likely N-dealkylation sites (tertiary alicyclic amines) is 1. The fourth-order valence-electron chi connectivity index (χ4n) is 5.49. The lowest BCUT2D eigenvalue weighted by Crippen LogP contribution is -2.57. The van der Waals surface area contributed by atoms with Crippen LogP contribution in [0.4, 0.5) is 5.69 Å². The Morgan fingerprint density at radius 1 is 1.00 bits per heavy atom. The van der Waals surface area contributed by atoms with E-state index >= 15 is 0 Å². The van der Waals surface area contributed by atoms with Gasteiger partial charge in [-0.3, -0.25) is 14.4 Å². The van der Waals surface area contributed by atoms with E-state index in [1.54, 1.807) is 4.90 Å². The van der Waals surface area contributed by atoms with Crippen LogP contribution in [0.15, 0.2) is 48.5 Å². The minimum absolute atomic E-state index is 0.0147. The smallest absolute Gasteiger partial charge is 0.250 e. The zero-order valence-electron chi connectivity index (χ0n) is 20.2. The van der Waals surface area contributed by atoms with E-state index in [0.717, 1.165) is 24.1 Å². The van der Waals surface area contributed by atoms with Gasteiger partial charge in [0.05, 0.1) is 6.67 Å². The van der Waals surface area contributed by atoms with Crippen molar-refractivity contribution in [2.24, 2.45) is 5.92 Å². The first-order chi connectivity index (χ1) is 17.5. The molecular weight excluding hydrogens is 460 g/mol. The van der Waals surface area contributed by atoms with E-state index in [4.69, 9.17) is 9.47 Å². The van der Waals surface area contributed by atoms with Crippen molar-refractivity contribution in [3.8, 4) is 11.5 Å². The van der Waals surface area contributed by atoms with Gasteiger partial charge < -0.3 is 29.5 Å². The average Bonchev–Trinajstić information content (AvgIpc) is 3.60. The molecule has 3 amide bonds. The zero-order valence-corrected chi connectivity index (χ0v) is 20.2. The van der Waals surface area contributed by atoms with Crippen molar-refractivity contribution in [1.29, 1.82) is 0 Å². The Morgan fingerprint density at radius 2 is 1.75 bits per heavy atom. The van der Waals surface area contributed by atoms with Crippen LogP contribution < -0.4 is 19.7 Å². The van der Waals surface area contributed by atoms with Gasteiger partial charge in [0.1, 0.15) is 12.1 Å². The molecule has 0 atom stereocenters. The number of hydrogen-bond acceptors (Lipinski definition) is 6. The standard InChI is InChI=1S/C27H30N4O5/c32-24(28-15-19-6-9-22-23(14-19)36-18-35-22)16-30-17-31(21-4-2-1-3-5-21)27(26(30)34)10-12-29(13-11-27)25(33)20-7-8-20/h1-6,9,14,20H,7-8,10-13,15-18H2,(H,28,32). The molecule has 4 aliphatic rings. The molecule has 9 nitrogen and oxygen atoms in total. The summed E-state index contributed by atoms with van der Waals surface area (Å²) in [6, 6.07) is 15.4. The second-order valence-corrected chi connectivity index (χ2v) is 10.0. The van der Waals surface area contributed by atoms with Crippen molar-refractivity contribution in [2.45, 2.75) is 37.8 Å². The molecule has 0 radical (unpaired) electrons. The van der Waals surface area contributed by atoms with Gasteiger partial charge in [0.2, 0.25) is 18.6 Å². The van der Waals surface area contributed by atoms with Gasteiger partial charge in [0.25, 0.3) is 5.91 Å². The Morgan fingerprint density at radius 3 is 2.50 bits per heavy atom. The van der Waals surface area contributed by atoms with E-state index in [9.17, 15) is 14.4 Å². The van der Waals surface area contributed by atoms with Gasteiger partial charge in [-0.15, -0.1) is 0 Å². The highest BCUT2D eigenvalue weighted by Crippen LogP contribution is 2.41. The first-order valence-corrected chi connectivity index (χ1v) is 12.6. The molecule has 2 saturated heterocycles. The molecule has 1 spiro atoms. The maximum Gasteiger partial charge on any atom is 0.250 e. The predicted octanol–water partition coefficient (Wildman–Crippen LogP) is 2.11. The van der Waals surface area contributed by atoms with Gasteiger partial charge in [-0.2, -0.15) is 0 Å². The number of rotatable bonds is 6. The zero-order chi connectivity index (χ0) is 24.7. The fraction of sp³-hybridized carbons (Fsp3) is 0.444. The molecular formula is C27H30N4O5. The summed E-state index contributed by atoms with van der Waals surface area (Å²) in [7, 11) is 0. The van der Waals surface area contributed by atoms with Crippen LogP contribution in [0.5, 0.6) is 11.5 Å². The summed E-state index contributed by atoms with van der Waals surface area (Å²) >= 11 is 0. The molecule has 1 aliphatic carbocycles. The maximum absolute atomic E-state index is 13.8. The highest BCUT2D eigenvalue weighted by Gasteiger charge is 2.54. The number of piperidine rings is 1. The summed E-state index contributed by atoms with van der Waals surface area (Å²) in [4.78, 5) is 44.9. The molecule has 9 heteroatoms. The van der Waals surface area contributed by atoms with Gasteiger partial charge >= 0.3 is 0 Å². The van der Waals surface area contributed by atoms with Crippen LogP contribution in [0.1, 0.15) is 31.2 Å². The number of fused-ring (bicyclic) bond motifs is 1. The molecule has 188 valence electrons. The Labute approximate surface area is 209 Å². The quantitative estimate of drug-likeness (QED) is 0.667. The van der Waals surface area contributed by atoms with Crippen LogP contribution in [-0.2, 0) is 20.9 Å². The number of ether oxygens (including phenoxy) is 2. The summed E-state index contributed by atoms with van der Waals surface area (Å²) < 4.78 is 10.7. The monoisotopic (exact) mass is 490 g/mol. The minimum Gasteiger partial charge on any atom is -0.454 e. The summed E-state index contributed by atoms with van der Waals surface area (Å²) in [5.74, 6) is 1.51. The van der Waals surface area contributed by atoms with Crippen LogP contribution in [0, 0.1) is 5.92 Å². The van der Waals surface area contributed by atoms with Crippen molar-refractivity contribution in [1.82, 2.24) is 15.1 Å². The number of carbonyl (C=O) groups excluding carboxylic acids is 3. The first kappa shape index (κ1) is 22.7. The lowest BCUT2D eigenvalue weighted by Gasteiger charge is -2.43. The molecule has 0 aromatic heterocycles. The highest BCUT2D eigenvalue weighted by atomic mass is 16.7. The lowest BCUT2D eigenvalue weighted by molar-refractivity contribution is -0.140. The van der Waals surface area contributed by atoms with Gasteiger partial charge in [0, 0.05) is 31.2 Å². The molecule has 2 aromatic carbocycles. The van der Waals surface area contributed by atoms with E-state index in [1.807, 2.05) is 53.4 Å². The average molecular weight is 491 g/mol. The van der Waals surface area contributed by atoms with Gasteiger partial charge in [-0.1, -0.05) is 24.3 Å². The summed E-state index contributed by atoms with van der Waals surface area (Å²) in [5.41, 5.74) is 1.12. The third-order valence-corrected chi connectivity index (χ3v) is 7.67. The molecule has 3 fully saturated rings. The highest BCUT2D eigenvalue weighted by molar-refractivity contribution is 5.96. The van der Waals surface area contributed by atoms with Crippen LogP contribution >= 0.6 is 0 Å². The van der Waals surface area contributed by atoms with Crippen LogP contribution in [0.3, 0.4) is 0 Å². The topological polar surface area (TPSA) is 91.4 Å². The Kier molecular flexibility index (Phi) is 5.70. The minimum atomic E-state index is -0.737. The first-order valence-electron chi connectivity index (χ1n) is 12.6. The molecule has 3 heterocycles. The third-order valence-electron chi connectivity index (χ3n) is 7.67. The van der Waals surface area contributed by atoms with Crippen LogP contribution in [0.2, 0.25) is 0 Å². The third kappa shape index (κ3) is 4.12. The molecule has 2 aromatic rings. The predicted molar refractivity (Wildman–Crippen MR) is 131 cm³/mol. The van der Waals surface area contributed by atoms with E-state index < -0.39 is 5.54 Å². The number of carbonyl (C=O) groups is 3. The van der Waals surface area contributed by atoms with Crippen molar-refractivity contribution in [2.75, 3.05) is 38.0 Å². The summed E-state index contributed by atoms with van der Waals surface area (Å²) in [5, 5.41) is 2.92. The van der Waals surface area contributed by atoms with E-state index in [-0.39, 0.29) is 37.0 Å². The second kappa shape index (κ2) is 9.04. The molecule has 3 aliphatic heterocycles. The van der Waals surface area contributed by atoms with Crippen molar-refractivity contribution >= 4 is 23.4 Å². The Hall–Kier alpha value is -3.75.